The van der Waals surface area contributed by atoms with Crippen molar-refractivity contribution < 1.29 is 4.79 Å². The molecule has 0 aromatic heterocycles. The SMILES string of the molecule is O=CN1CCc2c(-c3ccccc3)cccc21. The molecule has 1 heterocycles. The summed E-state index contributed by atoms with van der Waals surface area (Å²) in [6.45, 7) is 0.794. The van der Waals surface area contributed by atoms with Gasteiger partial charge < -0.3 is 4.90 Å². The predicted molar refractivity (Wildman–Crippen MR) is 69.0 cm³/mol. The Morgan fingerprint density at radius 2 is 1.82 bits per heavy atom. The van der Waals surface area contributed by atoms with Crippen molar-refractivity contribution in [1.82, 2.24) is 0 Å². The zero-order chi connectivity index (χ0) is 11.7. The highest BCUT2D eigenvalue weighted by Crippen LogP contribution is 2.35. The number of carbonyl (C=O) groups excluding carboxylic acids is 1. The van der Waals surface area contributed by atoms with E-state index in [-0.39, 0.29) is 0 Å². The fraction of sp³-hybridized carbons (Fsp3) is 0.133. The zero-order valence-electron chi connectivity index (χ0n) is 9.47. The number of carbonyl (C=O) groups is 1. The first kappa shape index (κ1) is 10.1. The molecule has 0 N–H and O–H groups in total. The quantitative estimate of drug-likeness (QED) is 0.717. The van der Waals surface area contributed by atoms with Gasteiger partial charge in [-0.1, -0.05) is 42.5 Å². The van der Waals surface area contributed by atoms with Crippen LogP contribution >= 0.6 is 0 Å². The number of rotatable bonds is 2. The van der Waals surface area contributed by atoms with Crippen molar-refractivity contribution in [2.45, 2.75) is 6.42 Å². The molecule has 0 fully saturated rings. The van der Waals surface area contributed by atoms with Crippen LogP contribution in [0, 0.1) is 0 Å². The number of benzene rings is 2. The van der Waals surface area contributed by atoms with Crippen LogP contribution in [-0.4, -0.2) is 13.0 Å². The summed E-state index contributed by atoms with van der Waals surface area (Å²) < 4.78 is 0. The molecule has 1 aliphatic heterocycles. The van der Waals surface area contributed by atoms with E-state index in [4.69, 9.17) is 0 Å². The highest BCUT2D eigenvalue weighted by Gasteiger charge is 2.21. The van der Waals surface area contributed by atoms with E-state index in [1.165, 1.54) is 16.7 Å². The van der Waals surface area contributed by atoms with Crippen molar-refractivity contribution in [2.75, 3.05) is 11.4 Å². The normalized spacial score (nSPS) is 13.5. The van der Waals surface area contributed by atoms with Crippen LogP contribution in [0.5, 0.6) is 0 Å². The Kier molecular flexibility index (Phi) is 2.41. The van der Waals surface area contributed by atoms with Crippen molar-refractivity contribution in [3.05, 3.63) is 54.1 Å². The Balaban J connectivity index is 2.15. The number of hydrogen-bond donors (Lipinski definition) is 0. The number of fused-ring (bicyclic) bond motifs is 1. The summed E-state index contributed by atoms with van der Waals surface area (Å²) in [4.78, 5) is 12.7. The monoisotopic (exact) mass is 223 g/mol. The molecule has 2 heteroatoms. The van der Waals surface area contributed by atoms with E-state index >= 15 is 0 Å². The maximum absolute atomic E-state index is 10.9. The fourth-order valence-corrected chi connectivity index (χ4v) is 2.46. The number of hydrogen-bond acceptors (Lipinski definition) is 1. The van der Waals surface area contributed by atoms with Gasteiger partial charge in [0.15, 0.2) is 0 Å². The van der Waals surface area contributed by atoms with E-state index in [2.05, 4.69) is 18.2 Å². The van der Waals surface area contributed by atoms with Gasteiger partial charge in [0.25, 0.3) is 0 Å². The summed E-state index contributed by atoms with van der Waals surface area (Å²) in [7, 11) is 0. The van der Waals surface area contributed by atoms with E-state index in [0.29, 0.717) is 0 Å². The minimum absolute atomic E-state index is 0.794. The van der Waals surface area contributed by atoms with Gasteiger partial charge in [0.05, 0.1) is 0 Å². The predicted octanol–water partition coefficient (Wildman–Crippen LogP) is 2.87. The highest BCUT2D eigenvalue weighted by molar-refractivity contribution is 5.85. The van der Waals surface area contributed by atoms with Crippen molar-refractivity contribution in [3.63, 3.8) is 0 Å². The maximum atomic E-state index is 10.9. The lowest BCUT2D eigenvalue weighted by molar-refractivity contribution is -0.107. The molecule has 0 aliphatic carbocycles. The van der Waals surface area contributed by atoms with Crippen molar-refractivity contribution in [2.24, 2.45) is 0 Å². The van der Waals surface area contributed by atoms with E-state index in [1.807, 2.05) is 30.3 Å². The Hall–Kier alpha value is -2.09. The number of nitrogens with zero attached hydrogens (tertiary/aromatic N) is 1. The topological polar surface area (TPSA) is 20.3 Å². The molecule has 2 nitrogen and oxygen atoms in total. The Morgan fingerprint density at radius 3 is 2.59 bits per heavy atom. The molecule has 2 aromatic rings. The minimum Gasteiger partial charge on any atom is -0.314 e. The van der Waals surface area contributed by atoms with E-state index in [1.54, 1.807) is 4.90 Å². The van der Waals surface area contributed by atoms with Crippen LogP contribution < -0.4 is 4.90 Å². The van der Waals surface area contributed by atoms with Crippen molar-refractivity contribution in [3.8, 4) is 11.1 Å². The molecule has 0 unspecified atom stereocenters. The van der Waals surface area contributed by atoms with Gasteiger partial charge in [0, 0.05) is 12.2 Å². The van der Waals surface area contributed by atoms with Crippen molar-refractivity contribution in [1.29, 1.82) is 0 Å². The molecule has 0 spiro atoms. The molecular weight excluding hydrogens is 210 g/mol. The Morgan fingerprint density at radius 1 is 1.00 bits per heavy atom. The lowest BCUT2D eigenvalue weighted by Crippen LogP contribution is -2.17. The summed E-state index contributed by atoms with van der Waals surface area (Å²) in [5.74, 6) is 0. The first-order valence-corrected chi connectivity index (χ1v) is 5.79. The summed E-state index contributed by atoms with van der Waals surface area (Å²) >= 11 is 0. The molecule has 0 bridgehead atoms. The lowest BCUT2D eigenvalue weighted by atomic mass is 9.98. The first-order chi connectivity index (χ1) is 8.40. The Bertz CT molecular complexity index is 548. The summed E-state index contributed by atoms with van der Waals surface area (Å²) in [5, 5.41) is 0. The second-order valence-corrected chi connectivity index (χ2v) is 4.22. The third kappa shape index (κ3) is 1.62. The third-order valence-electron chi connectivity index (χ3n) is 3.28. The van der Waals surface area contributed by atoms with Gasteiger partial charge in [0.1, 0.15) is 0 Å². The van der Waals surface area contributed by atoms with Crippen molar-refractivity contribution >= 4 is 12.1 Å². The van der Waals surface area contributed by atoms with Gasteiger partial charge in [-0.05, 0) is 29.2 Å². The van der Waals surface area contributed by atoms with E-state index < -0.39 is 0 Å². The van der Waals surface area contributed by atoms with Crippen LogP contribution in [-0.2, 0) is 11.2 Å². The maximum Gasteiger partial charge on any atom is 0.214 e. The van der Waals surface area contributed by atoms with Gasteiger partial charge in [0.2, 0.25) is 6.41 Å². The molecule has 0 saturated heterocycles. The summed E-state index contributed by atoms with van der Waals surface area (Å²) in [6, 6.07) is 16.5. The smallest absolute Gasteiger partial charge is 0.214 e. The highest BCUT2D eigenvalue weighted by atomic mass is 16.1. The summed E-state index contributed by atoms with van der Waals surface area (Å²) in [5.41, 5.74) is 4.80. The first-order valence-electron chi connectivity index (χ1n) is 5.79. The largest absolute Gasteiger partial charge is 0.314 e. The van der Waals surface area contributed by atoms with Crippen LogP contribution in [0.2, 0.25) is 0 Å². The number of anilines is 1. The third-order valence-corrected chi connectivity index (χ3v) is 3.28. The minimum atomic E-state index is 0.794. The molecule has 1 amide bonds. The van der Waals surface area contributed by atoms with Gasteiger partial charge >= 0.3 is 0 Å². The molecule has 17 heavy (non-hydrogen) atoms. The standard InChI is InChI=1S/C15H13NO/c17-11-16-10-9-14-13(7-4-8-15(14)16)12-5-2-1-3-6-12/h1-8,11H,9-10H2. The molecular formula is C15H13NO. The Labute approximate surface area is 100 Å². The van der Waals surface area contributed by atoms with Crippen LogP contribution in [0.4, 0.5) is 5.69 Å². The average molecular weight is 223 g/mol. The number of amides is 1. The van der Waals surface area contributed by atoms with Gasteiger partial charge in [-0.15, -0.1) is 0 Å². The molecule has 1 aliphatic rings. The van der Waals surface area contributed by atoms with E-state index in [9.17, 15) is 4.79 Å². The van der Waals surface area contributed by atoms with Crippen LogP contribution in [0.25, 0.3) is 11.1 Å². The molecule has 0 atom stereocenters. The van der Waals surface area contributed by atoms with Gasteiger partial charge in [-0.2, -0.15) is 0 Å². The van der Waals surface area contributed by atoms with Crippen LogP contribution in [0.3, 0.4) is 0 Å². The summed E-state index contributed by atoms with van der Waals surface area (Å²) in [6.07, 6.45) is 1.86. The van der Waals surface area contributed by atoms with Gasteiger partial charge in [-0.25, -0.2) is 0 Å². The second-order valence-electron chi connectivity index (χ2n) is 4.22. The molecule has 0 saturated carbocycles. The second kappa shape index (κ2) is 4.06. The lowest BCUT2D eigenvalue weighted by Gasteiger charge is -2.11. The molecule has 3 rings (SSSR count). The van der Waals surface area contributed by atoms with E-state index in [0.717, 1.165) is 25.1 Å². The van der Waals surface area contributed by atoms with Crippen LogP contribution in [0.15, 0.2) is 48.5 Å². The molecule has 2 aromatic carbocycles. The zero-order valence-corrected chi connectivity index (χ0v) is 9.47. The fourth-order valence-electron chi connectivity index (χ4n) is 2.46. The molecule has 0 radical (unpaired) electrons. The molecule has 84 valence electrons. The average Bonchev–Trinajstić information content (AvgIpc) is 2.82. The van der Waals surface area contributed by atoms with Crippen LogP contribution in [0.1, 0.15) is 5.56 Å². The van der Waals surface area contributed by atoms with Gasteiger partial charge in [-0.3, -0.25) is 4.79 Å².